The minimum Gasteiger partial charge on any atom is -0.296 e. The fraction of sp³-hybridized carbons (Fsp3) is 0.316. The van der Waals surface area contributed by atoms with Gasteiger partial charge in [-0.25, -0.2) is 9.97 Å². The van der Waals surface area contributed by atoms with Crippen molar-refractivity contribution in [1.82, 2.24) is 19.8 Å². The molecule has 46 heavy (non-hydrogen) atoms. The molecule has 2 aliphatic rings. The van der Waals surface area contributed by atoms with E-state index in [2.05, 4.69) is 138 Å². The number of hydrogen-bond donors (Lipinski definition) is 0. The van der Waals surface area contributed by atoms with Crippen molar-refractivity contribution in [2.75, 3.05) is 19.6 Å². The fourth-order valence-electron chi connectivity index (χ4n) is 6.87. The molecule has 0 radical (unpaired) electrons. The van der Waals surface area contributed by atoms with Crippen LogP contribution in [0.4, 0.5) is 0 Å². The first-order chi connectivity index (χ1) is 22.4. The maximum Gasteiger partial charge on any atom is 0.0815 e. The second-order valence-electron chi connectivity index (χ2n) is 12.4. The minimum absolute atomic E-state index is 0.413. The Morgan fingerprint density at radius 1 is 0.587 bits per heavy atom. The maximum atomic E-state index is 4.47. The molecule has 6 aromatic rings. The molecule has 0 spiro atoms. The van der Waals surface area contributed by atoms with Crippen LogP contribution in [-0.4, -0.2) is 39.4 Å². The van der Waals surface area contributed by atoms with E-state index in [0.717, 1.165) is 50.1 Å². The van der Waals surface area contributed by atoms with Crippen LogP contribution in [0.15, 0.2) is 92.8 Å². The summed E-state index contributed by atoms with van der Waals surface area (Å²) in [6.07, 6.45) is 4.64. The third-order valence-electron chi connectivity index (χ3n) is 9.71. The van der Waals surface area contributed by atoms with Crippen LogP contribution >= 0.6 is 54.5 Å². The first-order valence-corrected chi connectivity index (χ1v) is 19.4. The van der Waals surface area contributed by atoms with Crippen molar-refractivity contribution in [3.05, 3.63) is 126 Å². The Bertz CT molecular complexity index is 1970. The number of hydrogen-bond acceptors (Lipinski definition) is 6. The summed E-state index contributed by atoms with van der Waals surface area (Å²) >= 11 is 10.6. The molecule has 0 bridgehead atoms. The highest BCUT2D eigenvalue weighted by Gasteiger charge is 2.22. The van der Waals surface area contributed by atoms with E-state index in [9.17, 15) is 0 Å². The van der Waals surface area contributed by atoms with E-state index in [1.807, 2.05) is 11.0 Å². The standard InChI is InChI=1S/2C19H19BrN2S/c1-13(15-3-5-19-18(11-15)21-12-23-19)22-8-6-14-2-4-17(20)10-16(14)7-9-22;1-13(14-5-7-19-18(10-14)21-12-23-19)22-8-2-3-15-9-17(20)6-4-16(15)11-22/h2-5,10-13H,6-9H2,1H3;4-7,9-10,12-13H,2-3,8,11H2,1H3. The molecule has 8 heteroatoms. The molecule has 2 atom stereocenters. The average molecular weight is 775 g/mol. The van der Waals surface area contributed by atoms with Crippen molar-refractivity contribution in [3.8, 4) is 0 Å². The number of nitrogens with zero attached hydrogens (tertiary/aromatic N) is 4. The van der Waals surface area contributed by atoms with Crippen molar-refractivity contribution in [3.63, 3.8) is 0 Å². The van der Waals surface area contributed by atoms with Gasteiger partial charge in [0.15, 0.2) is 0 Å². The second-order valence-corrected chi connectivity index (χ2v) is 16.1. The monoisotopic (exact) mass is 772 g/mol. The van der Waals surface area contributed by atoms with Gasteiger partial charge in [0, 0.05) is 40.7 Å². The molecule has 0 N–H and O–H groups in total. The van der Waals surface area contributed by atoms with E-state index in [0.29, 0.717) is 12.1 Å². The van der Waals surface area contributed by atoms with Crippen LogP contribution in [0.5, 0.6) is 0 Å². The molecule has 236 valence electrons. The lowest BCUT2D eigenvalue weighted by molar-refractivity contribution is 0.205. The maximum absolute atomic E-state index is 4.47. The summed E-state index contributed by atoms with van der Waals surface area (Å²) in [6, 6.07) is 27.7. The zero-order valence-electron chi connectivity index (χ0n) is 26.3. The Hall–Kier alpha value is -2.46. The van der Waals surface area contributed by atoms with Gasteiger partial charge in [-0.3, -0.25) is 9.80 Å². The topological polar surface area (TPSA) is 32.3 Å². The van der Waals surface area contributed by atoms with Gasteiger partial charge in [0.2, 0.25) is 0 Å². The van der Waals surface area contributed by atoms with E-state index in [1.54, 1.807) is 22.7 Å². The SMILES string of the molecule is CC(c1ccc2scnc2c1)N1CCCc2cc(Br)ccc2C1.CC(c1ccc2scnc2c1)N1CCc2ccc(Br)cc2CC1. The van der Waals surface area contributed by atoms with Gasteiger partial charge in [0.05, 0.1) is 31.5 Å². The zero-order valence-corrected chi connectivity index (χ0v) is 31.1. The second kappa shape index (κ2) is 14.3. The van der Waals surface area contributed by atoms with Crippen LogP contribution in [0.3, 0.4) is 0 Å². The Morgan fingerprint density at radius 3 is 1.76 bits per heavy atom. The number of fused-ring (bicyclic) bond motifs is 4. The summed E-state index contributed by atoms with van der Waals surface area (Å²) in [5.74, 6) is 0. The number of rotatable bonds is 4. The molecule has 2 unspecified atom stereocenters. The van der Waals surface area contributed by atoms with Crippen molar-refractivity contribution < 1.29 is 0 Å². The van der Waals surface area contributed by atoms with E-state index in [-0.39, 0.29) is 0 Å². The van der Waals surface area contributed by atoms with Crippen molar-refractivity contribution >= 4 is 75.0 Å². The van der Waals surface area contributed by atoms with Gasteiger partial charge >= 0.3 is 0 Å². The van der Waals surface area contributed by atoms with Gasteiger partial charge in [-0.2, -0.15) is 0 Å². The highest BCUT2D eigenvalue weighted by Crippen LogP contribution is 2.31. The summed E-state index contributed by atoms with van der Waals surface area (Å²) < 4.78 is 4.92. The van der Waals surface area contributed by atoms with Crippen LogP contribution in [-0.2, 0) is 25.8 Å². The largest absolute Gasteiger partial charge is 0.296 e. The Balaban J connectivity index is 0.000000147. The Morgan fingerprint density at radius 2 is 1.13 bits per heavy atom. The van der Waals surface area contributed by atoms with Crippen LogP contribution in [0.1, 0.15) is 65.7 Å². The Kier molecular flexibility index (Phi) is 10.0. The van der Waals surface area contributed by atoms with E-state index in [1.165, 1.54) is 64.6 Å². The molecule has 0 saturated carbocycles. The van der Waals surface area contributed by atoms with Crippen LogP contribution in [0, 0.1) is 0 Å². The summed E-state index contributed by atoms with van der Waals surface area (Å²) in [7, 11) is 0. The first-order valence-electron chi connectivity index (χ1n) is 16.1. The van der Waals surface area contributed by atoms with Crippen molar-refractivity contribution in [1.29, 1.82) is 0 Å². The van der Waals surface area contributed by atoms with Gasteiger partial charge in [-0.15, -0.1) is 22.7 Å². The highest BCUT2D eigenvalue weighted by molar-refractivity contribution is 9.10. The first kappa shape index (κ1) is 32.1. The molecular weight excluding hydrogens is 736 g/mol. The van der Waals surface area contributed by atoms with Crippen molar-refractivity contribution in [2.45, 2.75) is 58.2 Å². The van der Waals surface area contributed by atoms with Gasteiger partial charge in [-0.05, 0) is 128 Å². The smallest absolute Gasteiger partial charge is 0.0815 e. The molecule has 0 fully saturated rings. The van der Waals surface area contributed by atoms with Gasteiger partial charge in [-0.1, -0.05) is 56.1 Å². The summed E-state index contributed by atoms with van der Waals surface area (Å²) in [4.78, 5) is 14.1. The highest BCUT2D eigenvalue weighted by atomic mass is 79.9. The third-order valence-corrected chi connectivity index (χ3v) is 12.3. The van der Waals surface area contributed by atoms with Crippen LogP contribution in [0.25, 0.3) is 20.4 Å². The van der Waals surface area contributed by atoms with Gasteiger partial charge in [0.25, 0.3) is 0 Å². The number of benzene rings is 4. The normalized spacial score (nSPS) is 17.0. The van der Waals surface area contributed by atoms with Crippen molar-refractivity contribution in [2.24, 2.45) is 0 Å². The molecule has 4 heterocycles. The van der Waals surface area contributed by atoms with E-state index < -0.39 is 0 Å². The van der Waals surface area contributed by atoms with Gasteiger partial charge < -0.3 is 0 Å². The zero-order chi connectivity index (χ0) is 31.6. The van der Waals surface area contributed by atoms with Gasteiger partial charge in [0.1, 0.15) is 0 Å². The predicted molar refractivity (Wildman–Crippen MR) is 202 cm³/mol. The van der Waals surface area contributed by atoms with E-state index in [4.69, 9.17) is 0 Å². The summed E-state index contributed by atoms with van der Waals surface area (Å²) in [5, 5.41) is 0. The average Bonchev–Trinajstić information content (AvgIpc) is 3.63. The number of thiazole rings is 2. The lowest BCUT2D eigenvalue weighted by atomic mass is 10.0. The molecule has 8 rings (SSSR count). The third kappa shape index (κ3) is 7.18. The Labute approximate surface area is 296 Å². The molecule has 2 aliphatic heterocycles. The molecular formula is C38H38Br2N4S2. The van der Waals surface area contributed by atoms with Crippen LogP contribution in [0.2, 0.25) is 0 Å². The lowest BCUT2D eigenvalue weighted by Gasteiger charge is -2.28. The number of aromatic nitrogens is 2. The number of aryl methyl sites for hydroxylation is 1. The van der Waals surface area contributed by atoms with Crippen LogP contribution < -0.4 is 0 Å². The number of halogens is 2. The molecule has 4 nitrogen and oxygen atoms in total. The fourth-order valence-corrected chi connectivity index (χ4v) is 9.01. The van der Waals surface area contributed by atoms with E-state index >= 15 is 0 Å². The summed E-state index contributed by atoms with van der Waals surface area (Å²) in [6.45, 7) is 9.03. The molecule has 4 aromatic carbocycles. The molecule has 0 saturated heterocycles. The predicted octanol–water partition coefficient (Wildman–Crippen LogP) is 10.8. The molecule has 0 aliphatic carbocycles. The summed E-state index contributed by atoms with van der Waals surface area (Å²) in [5.41, 5.74) is 14.8. The molecule has 0 amide bonds. The quantitative estimate of drug-likeness (QED) is 0.179. The minimum atomic E-state index is 0.413. The molecule has 2 aromatic heterocycles. The lowest BCUT2D eigenvalue weighted by Crippen LogP contribution is -2.29.